The number of pyridine rings is 1. The highest BCUT2D eigenvalue weighted by Gasteiger charge is 2.20. The molecule has 0 aliphatic rings. The molecule has 2 rings (SSSR count). The minimum atomic E-state index is -3.78. The minimum absolute atomic E-state index is 0.0644. The molecule has 1 aromatic heterocycles. The summed E-state index contributed by atoms with van der Waals surface area (Å²) in [5.41, 5.74) is 0.345. The van der Waals surface area contributed by atoms with Gasteiger partial charge in [0.2, 0.25) is 0 Å². The lowest BCUT2D eigenvalue weighted by Gasteiger charge is -2.13. The second-order valence-electron chi connectivity index (χ2n) is 4.05. The van der Waals surface area contributed by atoms with Crippen molar-refractivity contribution in [2.24, 2.45) is 0 Å². The van der Waals surface area contributed by atoms with Crippen LogP contribution in [0, 0.1) is 0 Å². The first-order valence-corrected chi connectivity index (χ1v) is 8.24. The molecule has 0 aliphatic heterocycles. The van der Waals surface area contributed by atoms with Gasteiger partial charge in [-0.3, -0.25) is 4.72 Å². The van der Waals surface area contributed by atoms with Crippen LogP contribution in [-0.2, 0) is 10.0 Å². The first-order chi connectivity index (χ1) is 9.97. The van der Waals surface area contributed by atoms with Gasteiger partial charge in [0.25, 0.3) is 10.0 Å². The fourth-order valence-electron chi connectivity index (χ4n) is 1.75. The normalized spacial score (nSPS) is 11.0. The van der Waals surface area contributed by atoms with Gasteiger partial charge in [-0.2, -0.15) is 0 Å². The Morgan fingerprint density at radius 3 is 2.71 bits per heavy atom. The zero-order valence-corrected chi connectivity index (χ0v) is 13.8. The number of methoxy groups -OCH3 is 1. The molecule has 8 heteroatoms. The molecule has 0 unspecified atom stereocenters. The number of nitrogens with zero attached hydrogens (tertiary/aromatic N) is 1. The van der Waals surface area contributed by atoms with E-state index in [2.05, 4.69) is 31.0 Å². The summed E-state index contributed by atoms with van der Waals surface area (Å²) in [5.74, 6) is 0.704. The molecule has 0 saturated carbocycles. The Balaban J connectivity index is 2.45. The van der Waals surface area contributed by atoms with E-state index in [9.17, 15) is 8.42 Å². The summed E-state index contributed by atoms with van der Waals surface area (Å²) in [4.78, 5) is 4.06. The van der Waals surface area contributed by atoms with E-state index in [0.717, 1.165) is 4.47 Å². The second kappa shape index (κ2) is 6.31. The number of hydrogen-bond donors (Lipinski definition) is 2. The third kappa shape index (κ3) is 3.45. The van der Waals surface area contributed by atoms with Gasteiger partial charge in [0.1, 0.15) is 16.5 Å². The van der Waals surface area contributed by atoms with Gasteiger partial charge in [0.05, 0.1) is 12.8 Å². The lowest BCUT2D eigenvalue weighted by atomic mass is 10.3. The number of sulfonamides is 1. The number of halogens is 1. The van der Waals surface area contributed by atoms with Crippen LogP contribution in [0.5, 0.6) is 5.75 Å². The largest absolute Gasteiger partial charge is 0.495 e. The van der Waals surface area contributed by atoms with Crippen LogP contribution in [0.4, 0.5) is 11.5 Å². The van der Waals surface area contributed by atoms with Gasteiger partial charge in [-0.25, -0.2) is 13.4 Å². The average molecular weight is 372 g/mol. The van der Waals surface area contributed by atoms with Crippen molar-refractivity contribution in [3.8, 4) is 5.75 Å². The summed E-state index contributed by atoms with van der Waals surface area (Å²) in [6, 6.07) is 8.11. The summed E-state index contributed by atoms with van der Waals surface area (Å²) in [6.45, 7) is 0. The van der Waals surface area contributed by atoms with Crippen LogP contribution in [0.25, 0.3) is 0 Å². The lowest BCUT2D eigenvalue weighted by molar-refractivity contribution is 0.417. The van der Waals surface area contributed by atoms with Gasteiger partial charge < -0.3 is 10.1 Å². The van der Waals surface area contributed by atoms with Crippen LogP contribution >= 0.6 is 15.9 Å². The van der Waals surface area contributed by atoms with Gasteiger partial charge in [0, 0.05) is 17.7 Å². The highest BCUT2D eigenvalue weighted by Crippen LogP contribution is 2.30. The summed E-state index contributed by atoms with van der Waals surface area (Å²) in [5, 5.41) is 2.76. The Morgan fingerprint density at radius 2 is 2.05 bits per heavy atom. The maximum absolute atomic E-state index is 12.5. The molecule has 0 saturated heterocycles. The molecule has 2 aromatic rings. The van der Waals surface area contributed by atoms with Crippen molar-refractivity contribution in [1.82, 2.24) is 4.98 Å². The summed E-state index contributed by atoms with van der Waals surface area (Å²) in [6.07, 6.45) is 1.52. The number of aromatic nitrogens is 1. The Morgan fingerprint density at radius 1 is 1.29 bits per heavy atom. The predicted octanol–water partition coefficient (Wildman–Crippen LogP) is 2.70. The Kier molecular flexibility index (Phi) is 4.69. The number of rotatable bonds is 5. The first kappa shape index (κ1) is 15.6. The molecule has 6 nitrogen and oxygen atoms in total. The quantitative estimate of drug-likeness (QED) is 0.844. The molecule has 21 heavy (non-hydrogen) atoms. The monoisotopic (exact) mass is 371 g/mol. The van der Waals surface area contributed by atoms with E-state index in [1.165, 1.54) is 19.4 Å². The molecule has 0 fully saturated rings. The Bertz CT molecular complexity index is 750. The molecule has 112 valence electrons. The summed E-state index contributed by atoms with van der Waals surface area (Å²) < 4.78 is 33.4. The van der Waals surface area contributed by atoms with E-state index >= 15 is 0 Å². The highest BCUT2D eigenvalue weighted by atomic mass is 79.9. The molecule has 1 heterocycles. The van der Waals surface area contributed by atoms with E-state index < -0.39 is 10.0 Å². The Hall–Kier alpha value is -1.80. The van der Waals surface area contributed by atoms with Gasteiger partial charge in [-0.1, -0.05) is 15.9 Å². The molecule has 0 amide bonds. The molecule has 0 spiro atoms. The maximum atomic E-state index is 12.5. The van der Waals surface area contributed by atoms with Crippen molar-refractivity contribution in [2.75, 3.05) is 24.2 Å². The number of nitrogens with one attached hydrogen (secondary N) is 2. The van der Waals surface area contributed by atoms with Crippen LogP contribution in [-0.4, -0.2) is 27.6 Å². The molecule has 1 aromatic carbocycles. The third-order valence-electron chi connectivity index (χ3n) is 2.70. The van der Waals surface area contributed by atoms with E-state index in [4.69, 9.17) is 4.74 Å². The Labute approximate surface area is 131 Å². The molecule has 2 N–H and O–H groups in total. The van der Waals surface area contributed by atoms with Crippen LogP contribution in [0.3, 0.4) is 0 Å². The van der Waals surface area contributed by atoms with E-state index in [1.54, 1.807) is 31.3 Å². The van der Waals surface area contributed by atoms with Crippen LogP contribution in [0.15, 0.2) is 45.9 Å². The van der Waals surface area contributed by atoms with Crippen molar-refractivity contribution in [1.29, 1.82) is 0 Å². The lowest BCUT2D eigenvalue weighted by Crippen LogP contribution is -2.16. The number of benzene rings is 1. The molecule has 0 radical (unpaired) electrons. The molecule has 0 aliphatic carbocycles. The van der Waals surface area contributed by atoms with Crippen LogP contribution in [0.1, 0.15) is 0 Å². The number of hydrogen-bond acceptors (Lipinski definition) is 5. The minimum Gasteiger partial charge on any atom is -0.495 e. The van der Waals surface area contributed by atoms with Crippen molar-refractivity contribution in [3.63, 3.8) is 0 Å². The van der Waals surface area contributed by atoms with E-state index in [-0.39, 0.29) is 10.7 Å². The highest BCUT2D eigenvalue weighted by molar-refractivity contribution is 9.10. The van der Waals surface area contributed by atoms with Crippen LogP contribution < -0.4 is 14.8 Å². The smallest absolute Gasteiger partial charge is 0.265 e. The standard InChI is InChI=1S/C13H14BrN3O3S/c1-15-13-12(4-3-7-16-13)21(18,19)17-10-8-9(14)5-6-11(10)20-2/h3-8,17H,1-2H3,(H,15,16). The van der Waals surface area contributed by atoms with Gasteiger partial charge in [-0.15, -0.1) is 0 Å². The SMILES string of the molecule is CNc1ncccc1S(=O)(=O)Nc1cc(Br)ccc1OC. The molecule has 0 bridgehead atoms. The maximum Gasteiger partial charge on any atom is 0.265 e. The first-order valence-electron chi connectivity index (χ1n) is 5.97. The van der Waals surface area contributed by atoms with Gasteiger partial charge in [-0.05, 0) is 30.3 Å². The fraction of sp³-hybridized carbons (Fsp3) is 0.154. The number of ether oxygens (including phenoxy) is 1. The fourth-order valence-corrected chi connectivity index (χ4v) is 3.34. The van der Waals surface area contributed by atoms with Gasteiger partial charge >= 0.3 is 0 Å². The molecular weight excluding hydrogens is 358 g/mol. The molecular formula is C13H14BrN3O3S. The van der Waals surface area contributed by atoms with E-state index in [0.29, 0.717) is 11.4 Å². The number of anilines is 2. The van der Waals surface area contributed by atoms with Crippen molar-refractivity contribution in [3.05, 3.63) is 41.0 Å². The van der Waals surface area contributed by atoms with E-state index in [1.807, 2.05) is 0 Å². The molecule has 0 atom stereocenters. The third-order valence-corrected chi connectivity index (χ3v) is 4.59. The predicted molar refractivity (Wildman–Crippen MR) is 85.3 cm³/mol. The van der Waals surface area contributed by atoms with Crippen molar-refractivity contribution in [2.45, 2.75) is 4.90 Å². The average Bonchev–Trinajstić information content (AvgIpc) is 2.47. The summed E-state index contributed by atoms with van der Waals surface area (Å²) in [7, 11) is -0.693. The summed E-state index contributed by atoms with van der Waals surface area (Å²) >= 11 is 3.30. The van der Waals surface area contributed by atoms with Gasteiger partial charge in [0.15, 0.2) is 0 Å². The zero-order valence-electron chi connectivity index (χ0n) is 11.4. The van der Waals surface area contributed by atoms with Crippen LogP contribution in [0.2, 0.25) is 0 Å². The van der Waals surface area contributed by atoms with Crippen molar-refractivity contribution < 1.29 is 13.2 Å². The topological polar surface area (TPSA) is 80.3 Å². The zero-order chi connectivity index (χ0) is 15.5. The van der Waals surface area contributed by atoms with Crippen molar-refractivity contribution >= 4 is 37.5 Å². The second-order valence-corrected chi connectivity index (χ2v) is 6.62.